The van der Waals surface area contributed by atoms with Gasteiger partial charge in [-0.15, -0.1) is 0 Å². The van der Waals surface area contributed by atoms with E-state index in [0.29, 0.717) is 11.5 Å². The maximum absolute atomic E-state index is 12.5. The van der Waals surface area contributed by atoms with Crippen molar-refractivity contribution in [1.82, 2.24) is 15.3 Å². The Balaban J connectivity index is 1.90. The number of nitrogens with zero attached hydrogens (tertiary/aromatic N) is 1. The smallest absolute Gasteiger partial charge is 0.294 e. The second-order valence-corrected chi connectivity index (χ2v) is 6.32. The zero-order chi connectivity index (χ0) is 17.1. The molecule has 24 heavy (non-hydrogen) atoms. The minimum Gasteiger partial charge on any atom is -0.501 e. The molecule has 3 N–H and O–H groups in total. The fourth-order valence-electron chi connectivity index (χ4n) is 3.13. The summed E-state index contributed by atoms with van der Waals surface area (Å²) in [5, 5.41) is 12.9. The highest BCUT2D eigenvalue weighted by molar-refractivity contribution is 5.95. The first-order valence-corrected chi connectivity index (χ1v) is 8.26. The van der Waals surface area contributed by atoms with Crippen molar-refractivity contribution in [2.75, 3.05) is 0 Å². The van der Waals surface area contributed by atoms with Gasteiger partial charge in [-0.3, -0.25) is 9.59 Å². The minimum atomic E-state index is -0.717. The second-order valence-electron chi connectivity index (χ2n) is 6.32. The number of aromatic nitrogens is 2. The number of hydrogen-bond acceptors (Lipinski definition) is 4. The molecular formula is C18H21N3O3. The van der Waals surface area contributed by atoms with E-state index < -0.39 is 17.2 Å². The summed E-state index contributed by atoms with van der Waals surface area (Å²) in [6.07, 6.45) is 4.21. The lowest BCUT2D eigenvalue weighted by atomic mass is 9.86. The van der Waals surface area contributed by atoms with E-state index in [2.05, 4.69) is 22.2 Å². The Labute approximate surface area is 140 Å². The first kappa shape index (κ1) is 16.2. The molecule has 3 rings (SSSR count). The van der Waals surface area contributed by atoms with Gasteiger partial charge in [0.1, 0.15) is 5.82 Å². The van der Waals surface area contributed by atoms with E-state index in [0.717, 1.165) is 19.3 Å². The van der Waals surface area contributed by atoms with E-state index in [1.807, 2.05) is 18.2 Å². The monoisotopic (exact) mass is 327 g/mol. The summed E-state index contributed by atoms with van der Waals surface area (Å²) >= 11 is 0. The first-order valence-electron chi connectivity index (χ1n) is 8.26. The number of hydrogen-bond donors (Lipinski definition) is 3. The average molecular weight is 327 g/mol. The molecule has 2 aromatic rings. The number of benzene rings is 1. The van der Waals surface area contributed by atoms with E-state index in [-0.39, 0.29) is 17.6 Å². The Kier molecular flexibility index (Phi) is 4.64. The van der Waals surface area contributed by atoms with Crippen LogP contribution in [0.3, 0.4) is 0 Å². The summed E-state index contributed by atoms with van der Waals surface area (Å²) in [4.78, 5) is 31.2. The number of H-pyrrole nitrogens is 1. The van der Waals surface area contributed by atoms with E-state index in [1.54, 1.807) is 12.1 Å². The largest absolute Gasteiger partial charge is 0.501 e. The predicted octanol–water partition coefficient (Wildman–Crippen LogP) is 2.45. The maximum atomic E-state index is 12.5. The molecule has 0 spiro atoms. The van der Waals surface area contributed by atoms with Crippen molar-refractivity contribution in [2.24, 2.45) is 5.92 Å². The van der Waals surface area contributed by atoms with Crippen LogP contribution in [0.25, 0.3) is 11.4 Å². The van der Waals surface area contributed by atoms with Gasteiger partial charge in [0.05, 0.1) is 0 Å². The van der Waals surface area contributed by atoms with Crippen molar-refractivity contribution in [3.05, 3.63) is 46.4 Å². The molecule has 0 bridgehead atoms. The lowest BCUT2D eigenvalue weighted by Gasteiger charge is -2.29. The first-order chi connectivity index (χ1) is 11.6. The van der Waals surface area contributed by atoms with Crippen LogP contribution in [0, 0.1) is 5.92 Å². The molecule has 0 aliphatic heterocycles. The molecule has 126 valence electrons. The number of carbonyl (C=O) groups is 1. The fraction of sp³-hybridized carbons (Fsp3) is 0.389. The van der Waals surface area contributed by atoms with E-state index >= 15 is 0 Å². The zero-order valence-electron chi connectivity index (χ0n) is 13.6. The third-order valence-corrected chi connectivity index (χ3v) is 4.59. The summed E-state index contributed by atoms with van der Waals surface area (Å²) in [6.45, 7) is 2.10. The van der Waals surface area contributed by atoms with E-state index in [4.69, 9.17) is 0 Å². The van der Waals surface area contributed by atoms with Crippen LogP contribution in [-0.4, -0.2) is 27.0 Å². The Hall–Kier alpha value is -2.63. The predicted molar refractivity (Wildman–Crippen MR) is 90.8 cm³/mol. The third-order valence-electron chi connectivity index (χ3n) is 4.59. The maximum Gasteiger partial charge on any atom is 0.294 e. The lowest BCUT2D eigenvalue weighted by Crippen LogP contribution is -2.41. The van der Waals surface area contributed by atoms with Gasteiger partial charge in [-0.2, -0.15) is 0 Å². The normalized spacial score (nSPS) is 20.5. The van der Waals surface area contributed by atoms with Crippen LogP contribution in [0.1, 0.15) is 43.1 Å². The van der Waals surface area contributed by atoms with Gasteiger partial charge in [0, 0.05) is 11.6 Å². The number of amides is 1. The van der Waals surface area contributed by atoms with Crippen LogP contribution in [-0.2, 0) is 0 Å². The van der Waals surface area contributed by atoms with Crippen molar-refractivity contribution in [1.29, 1.82) is 0 Å². The molecule has 1 fully saturated rings. The molecular weight excluding hydrogens is 306 g/mol. The van der Waals surface area contributed by atoms with Crippen molar-refractivity contribution in [2.45, 2.75) is 38.6 Å². The topological polar surface area (TPSA) is 95.1 Å². The SMILES string of the molecule is CC1CCCCC1NC(=O)c1nc(-c2ccccc2)[nH]c(=O)c1O. The molecule has 1 aromatic heterocycles. The molecule has 1 saturated carbocycles. The number of carbonyl (C=O) groups excluding carboxylic acids is 1. The van der Waals surface area contributed by atoms with Crippen LogP contribution in [0.2, 0.25) is 0 Å². The van der Waals surface area contributed by atoms with Crippen molar-refractivity contribution >= 4 is 5.91 Å². The third kappa shape index (κ3) is 3.32. The van der Waals surface area contributed by atoms with Crippen LogP contribution < -0.4 is 10.9 Å². The fourth-order valence-corrected chi connectivity index (χ4v) is 3.13. The zero-order valence-corrected chi connectivity index (χ0v) is 13.6. The van der Waals surface area contributed by atoms with Crippen LogP contribution in [0.15, 0.2) is 35.1 Å². The van der Waals surface area contributed by atoms with E-state index in [9.17, 15) is 14.7 Å². The van der Waals surface area contributed by atoms with Crippen LogP contribution in [0.4, 0.5) is 0 Å². The minimum absolute atomic E-state index is 0.0481. The number of aromatic amines is 1. The van der Waals surface area contributed by atoms with Gasteiger partial charge in [-0.25, -0.2) is 4.98 Å². The van der Waals surface area contributed by atoms with Gasteiger partial charge >= 0.3 is 0 Å². The Morgan fingerprint density at radius 3 is 2.67 bits per heavy atom. The average Bonchev–Trinajstić information content (AvgIpc) is 2.60. The van der Waals surface area contributed by atoms with Crippen molar-refractivity contribution in [3.63, 3.8) is 0 Å². The molecule has 0 saturated heterocycles. The highest BCUT2D eigenvalue weighted by atomic mass is 16.3. The Morgan fingerprint density at radius 1 is 1.25 bits per heavy atom. The molecule has 6 nitrogen and oxygen atoms in total. The summed E-state index contributed by atoms with van der Waals surface area (Å²) in [7, 11) is 0. The summed E-state index contributed by atoms with van der Waals surface area (Å²) < 4.78 is 0. The number of aromatic hydroxyl groups is 1. The van der Waals surface area contributed by atoms with E-state index in [1.165, 1.54) is 6.42 Å². The van der Waals surface area contributed by atoms with Crippen molar-refractivity contribution < 1.29 is 9.90 Å². The van der Waals surface area contributed by atoms with Crippen LogP contribution >= 0.6 is 0 Å². The summed E-state index contributed by atoms with van der Waals surface area (Å²) in [5.41, 5.74) is -0.268. The van der Waals surface area contributed by atoms with Gasteiger partial charge in [-0.1, -0.05) is 50.1 Å². The molecule has 1 aromatic carbocycles. The molecule has 1 heterocycles. The van der Waals surface area contributed by atoms with Gasteiger partial charge in [0.15, 0.2) is 5.69 Å². The van der Waals surface area contributed by atoms with Gasteiger partial charge in [0.25, 0.3) is 11.5 Å². The number of nitrogens with one attached hydrogen (secondary N) is 2. The summed E-state index contributed by atoms with van der Waals surface area (Å²) in [6, 6.07) is 9.07. The molecule has 0 radical (unpaired) electrons. The van der Waals surface area contributed by atoms with Gasteiger partial charge < -0.3 is 15.4 Å². The highest BCUT2D eigenvalue weighted by Gasteiger charge is 2.26. The Morgan fingerprint density at radius 2 is 1.96 bits per heavy atom. The lowest BCUT2D eigenvalue weighted by molar-refractivity contribution is 0.0901. The van der Waals surface area contributed by atoms with Gasteiger partial charge in [-0.05, 0) is 18.8 Å². The standard InChI is InChI=1S/C18H21N3O3/c1-11-7-5-6-10-13(11)19-17(23)14-15(22)18(24)21-16(20-14)12-8-3-2-4-9-12/h2-4,8-9,11,13,22H,5-7,10H2,1H3,(H,19,23)(H,20,21,24). The van der Waals surface area contributed by atoms with Gasteiger partial charge in [0.2, 0.25) is 5.75 Å². The summed E-state index contributed by atoms with van der Waals surface area (Å²) in [5.74, 6) is -0.508. The number of rotatable bonds is 3. The highest BCUT2D eigenvalue weighted by Crippen LogP contribution is 2.24. The van der Waals surface area contributed by atoms with Crippen molar-refractivity contribution in [3.8, 4) is 17.1 Å². The molecule has 1 amide bonds. The molecule has 2 atom stereocenters. The quantitative estimate of drug-likeness (QED) is 0.807. The molecule has 6 heteroatoms. The molecule has 1 aliphatic carbocycles. The molecule has 2 unspecified atom stereocenters. The Bertz CT molecular complexity index is 786. The molecule has 1 aliphatic rings. The van der Waals surface area contributed by atoms with Crippen LogP contribution in [0.5, 0.6) is 5.75 Å². The second kappa shape index (κ2) is 6.86.